The Morgan fingerprint density at radius 2 is 2.06 bits per heavy atom. The second kappa shape index (κ2) is 4.81. The van der Waals surface area contributed by atoms with Gasteiger partial charge in [0.1, 0.15) is 5.54 Å². The lowest BCUT2D eigenvalue weighted by Crippen LogP contribution is -2.57. The van der Waals surface area contributed by atoms with E-state index in [1.165, 1.54) is 6.26 Å². The minimum atomic E-state index is -1.26. The van der Waals surface area contributed by atoms with Crippen molar-refractivity contribution in [3.63, 3.8) is 0 Å². The number of furan rings is 1. The summed E-state index contributed by atoms with van der Waals surface area (Å²) in [7, 11) is 0. The highest BCUT2D eigenvalue weighted by molar-refractivity contribution is 5.96. The third-order valence-electron chi connectivity index (χ3n) is 3.18. The molecule has 1 aromatic rings. The predicted molar refractivity (Wildman–Crippen MR) is 61.3 cm³/mol. The molecule has 0 saturated carbocycles. The number of rotatable bonds is 3. The Hall–Kier alpha value is -1.82. The van der Waals surface area contributed by atoms with Crippen LogP contribution >= 0.6 is 0 Å². The second-order valence-electron chi connectivity index (χ2n) is 4.39. The molecule has 0 radical (unpaired) electrons. The van der Waals surface area contributed by atoms with E-state index in [9.17, 15) is 14.7 Å². The van der Waals surface area contributed by atoms with Crippen LogP contribution in [0, 0.1) is 6.92 Å². The monoisotopic (exact) mass is 253 g/mol. The first-order chi connectivity index (χ1) is 8.55. The fraction of sp³-hybridized carbons (Fsp3) is 0.500. The van der Waals surface area contributed by atoms with Crippen LogP contribution in [0.5, 0.6) is 0 Å². The minimum absolute atomic E-state index is 0.155. The summed E-state index contributed by atoms with van der Waals surface area (Å²) in [6.07, 6.45) is 1.92. The van der Waals surface area contributed by atoms with Gasteiger partial charge in [0.15, 0.2) is 5.76 Å². The van der Waals surface area contributed by atoms with Crippen molar-refractivity contribution in [2.75, 3.05) is 13.2 Å². The number of aliphatic carboxylic acids is 1. The van der Waals surface area contributed by atoms with E-state index in [4.69, 9.17) is 9.15 Å². The number of aryl methyl sites for hydroxylation is 1. The molecule has 0 unspecified atom stereocenters. The molecule has 0 atom stereocenters. The maximum Gasteiger partial charge on any atom is 0.329 e. The van der Waals surface area contributed by atoms with Crippen LogP contribution in [0.15, 0.2) is 16.7 Å². The van der Waals surface area contributed by atoms with E-state index < -0.39 is 17.4 Å². The van der Waals surface area contributed by atoms with Crippen LogP contribution in [0.1, 0.15) is 29.0 Å². The Morgan fingerprint density at radius 3 is 2.56 bits per heavy atom. The molecular weight excluding hydrogens is 238 g/mol. The first-order valence-corrected chi connectivity index (χ1v) is 5.73. The van der Waals surface area contributed by atoms with Gasteiger partial charge in [-0.3, -0.25) is 4.79 Å². The molecule has 0 bridgehead atoms. The van der Waals surface area contributed by atoms with Gasteiger partial charge >= 0.3 is 5.97 Å². The van der Waals surface area contributed by atoms with Crippen LogP contribution < -0.4 is 5.32 Å². The predicted octanol–water partition coefficient (Wildman–Crippen LogP) is 0.952. The standard InChI is InChI=1S/C12H15NO5/c1-8-2-5-18-9(8)10(14)13-12(11(15)16)3-6-17-7-4-12/h2,5H,3-4,6-7H2,1H3,(H,13,14)(H,15,16). The number of hydrogen-bond donors (Lipinski definition) is 2. The smallest absolute Gasteiger partial charge is 0.329 e. The fourth-order valence-electron chi connectivity index (χ4n) is 1.99. The molecule has 1 fully saturated rings. The van der Waals surface area contributed by atoms with Crippen LogP contribution in [0.4, 0.5) is 0 Å². The number of carboxylic acids is 1. The van der Waals surface area contributed by atoms with Gasteiger partial charge in [-0.15, -0.1) is 0 Å². The number of amides is 1. The van der Waals surface area contributed by atoms with Gasteiger partial charge in [-0.2, -0.15) is 0 Å². The Morgan fingerprint density at radius 1 is 1.39 bits per heavy atom. The van der Waals surface area contributed by atoms with Gasteiger partial charge in [-0.05, 0) is 13.0 Å². The van der Waals surface area contributed by atoms with E-state index in [0.717, 1.165) is 0 Å². The molecule has 1 aromatic heterocycles. The van der Waals surface area contributed by atoms with Gasteiger partial charge < -0.3 is 19.6 Å². The van der Waals surface area contributed by atoms with E-state index in [2.05, 4.69) is 5.32 Å². The molecule has 2 heterocycles. The van der Waals surface area contributed by atoms with E-state index in [0.29, 0.717) is 18.8 Å². The maximum atomic E-state index is 12.0. The van der Waals surface area contributed by atoms with Crippen molar-refractivity contribution in [2.24, 2.45) is 0 Å². The maximum absolute atomic E-state index is 12.0. The van der Waals surface area contributed by atoms with Crippen molar-refractivity contribution < 1.29 is 23.8 Å². The molecule has 6 nitrogen and oxygen atoms in total. The summed E-state index contributed by atoms with van der Waals surface area (Å²) in [5, 5.41) is 11.9. The van der Waals surface area contributed by atoms with Gasteiger partial charge in [-0.25, -0.2) is 4.79 Å². The molecule has 18 heavy (non-hydrogen) atoms. The van der Waals surface area contributed by atoms with Crippen molar-refractivity contribution in [3.8, 4) is 0 Å². The Bertz CT molecular complexity index is 459. The summed E-state index contributed by atoms with van der Waals surface area (Å²) in [5.41, 5.74) is -0.575. The molecule has 98 valence electrons. The summed E-state index contributed by atoms with van der Waals surface area (Å²) in [5.74, 6) is -1.38. The highest BCUT2D eigenvalue weighted by atomic mass is 16.5. The van der Waals surface area contributed by atoms with Crippen molar-refractivity contribution in [1.29, 1.82) is 0 Å². The Labute approximate surface area is 104 Å². The van der Waals surface area contributed by atoms with Gasteiger partial charge in [0.2, 0.25) is 0 Å². The zero-order valence-corrected chi connectivity index (χ0v) is 10.1. The zero-order chi connectivity index (χ0) is 13.2. The lowest BCUT2D eigenvalue weighted by atomic mass is 9.90. The van der Waals surface area contributed by atoms with Gasteiger partial charge in [0, 0.05) is 31.6 Å². The molecular formula is C12H15NO5. The first kappa shape index (κ1) is 12.6. The van der Waals surface area contributed by atoms with Crippen molar-refractivity contribution in [1.82, 2.24) is 5.32 Å². The fourth-order valence-corrected chi connectivity index (χ4v) is 1.99. The molecule has 1 aliphatic heterocycles. The van der Waals surface area contributed by atoms with Gasteiger partial charge in [0.05, 0.1) is 6.26 Å². The Balaban J connectivity index is 2.17. The molecule has 0 spiro atoms. The summed E-state index contributed by atoms with van der Waals surface area (Å²) < 4.78 is 10.2. The number of carboxylic acid groups (broad SMARTS) is 1. The normalized spacial score (nSPS) is 18.3. The molecule has 1 saturated heterocycles. The third kappa shape index (κ3) is 2.24. The molecule has 6 heteroatoms. The highest BCUT2D eigenvalue weighted by Crippen LogP contribution is 2.22. The number of nitrogens with one attached hydrogen (secondary N) is 1. The summed E-state index contributed by atoms with van der Waals surface area (Å²) in [4.78, 5) is 23.4. The zero-order valence-electron chi connectivity index (χ0n) is 10.1. The summed E-state index contributed by atoms with van der Waals surface area (Å²) >= 11 is 0. The largest absolute Gasteiger partial charge is 0.480 e. The summed E-state index contributed by atoms with van der Waals surface area (Å²) in [6.45, 7) is 2.38. The van der Waals surface area contributed by atoms with E-state index >= 15 is 0 Å². The SMILES string of the molecule is Cc1ccoc1C(=O)NC1(C(=O)O)CCOCC1. The van der Waals surface area contributed by atoms with E-state index in [1.807, 2.05) is 0 Å². The second-order valence-corrected chi connectivity index (χ2v) is 4.39. The summed E-state index contributed by atoms with van der Waals surface area (Å²) in [6, 6.07) is 1.66. The van der Waals surface area contributed by atoms with Crippen LogP contribution in [0.25, 0.3) is 0 Å². The molecule has 0 aliphatic carbocycles. The van der Waals surface area contributed by atoms with Crippen LogP contribution in [-0.4, -0.2) is 35.7 Å². The van der Waals surface area contributed by atoms with Crippen molar-refractivity contribution in [3.05, 3.63) is 23.7 Å². The molecule has 2 N–H and O–H groups in total. The number of carbonyl (C=O) groups excluding carboxylic acids is 1. The number of ether oxygens (including phenoxy) is 1. The van der Waals surface area contributed by atoms with E-state index in [-0.39, 0.29) is 18.6 Å². The first-order valence-electron chi connectivity index (χ1n) is 5.73. The lowest BCUT2D eigenvalue weighted by molar-refractivity contribution is -0.148. The number of carbonyl (C=O) groups is 2. The van der Waals surface area contributed by atoms with Crippen LogP contribution in [0.2, 0.25) is 0 Å². The lowest BCUT2D eigenvalue weighted by Gasteiger charge is -2.33. The van der Waals surface area contributed by atoms with Crippen LogP contribution in [0.3, 0.4) is 0 Å². The van der Waals surface area contributed by atoms with Crippen molar-refractivity contribution in [2.45, 2.75) is 25.3 Å². The molecule has 1 aliphatic rings. The molecule has 0 aromatic carbocycles. The van der Waals surface area contributed by atoms with Crippen LogP contribution in [-0.2, 0) is 9.53 Å². The molecule has 1 amide bonds. The molecule has 2 rings (SSSR count). The van der Waals surface area contributed by atoms with Gasteiger partial charge in [-0.1, -0.05) is 0 Å². The number of hydrogen-bond acceptors (Lipinski definition) is 4. The van der Waals surface area contributed by atoms with Crippen molar-refractivity contribution >= 4 is 11.9 Å². The Kier molecular flexibility index (Phi) is 3.38. The third-order valence-corrected chi connectivity index (χ3v) is 3.18. The quantitative estimate of drug-likeness (QED) is 0.837. The van der Waals surface area contributed by atoms with E-state index in [1.54, 1.807) is 13.0 Å². The average Bonchev–Trinajstić information content (AvgIpc) is 2.76. The van der Waals surface area contributed by atoms with Gasteiger partial charge in [0.25, 0.3) is 5.91 Å². The minimum Gasteiger partial charge on any atom is -0.480 e. The topological polar surface area (TPSA) is 88.8 Å². The average molecular weight is 253 g/mol. The highest BCUT2D eigenvalue weighted by Gasteiger charge is 2.42.